The van der Waals surface area contributed by atoms with Crippen molar-refractivity contribution in [2.45, 2.75) is 31.8 Å². The molecule has 2 atom stereocenters. The van der Waals surface area contributed by atoms with Crippen molar-refractivity contribution in [3.8, 4) is 0 Å². The summed E-state index contributed by atoms with van der Waals surface area (Å²) >= 11 is 0. The van der Waals surface area contributed by atoms with E-state index >= 15 is 0 Å². The van der Waals surface area contributed by atoms with Crippen molar-refractivity contribution in [2.75, 3.05) is 0 Å². The summed E-state index contributed by atoms with van der Waals surface area (Å²) in [6.45, 7) is 2.27. The van der Waals surface area contributed by atoms with Crippen LogP contribution in [0, 0.1) is 0 Å². The normalized spacial score (nSPS) is 16.3. The lowest BCUT2D eigenvalue weighted by Gasteiger charge is -2.28. The Labute approximate surface area is 156 Å². The van der Waals surface area contributed by atoms with E-state index in [-0.39, 0.29) is 12.1 Å². The molecule has 1 aliphatic carbocycles. The SMILES string of the molecule is C[C@@H](NC(C1=CC=CCC1)c1ccccc1)c1cccc2ccccc12. The molecule has 1 nitrogen and oxygen atoms in total. The molecule has 4 rings (SSSR count). The van der Waals surface area contributed by atoms with Crippen molar-refractivity contribution in [1.29, 1.82) is 0 Å². The van der Waals surface area contributed by atoms with E-state index in [9.17, 15) is 0 Å². The van der Waals surface area contributed by atoms with Gasteiger partial charge in [-0.3, -0.25) is 5.32 Å². The number of hydrogen-bond donors (Lipinski definition) is 1. The third-order valence-electron chi connectivity index (χ3n) is 5.26. The lowest BCUT2D eigenvalue weighted by atomic mass is 9.90. The highest BCUT2D eigenvalue weighted by atomic mass is 14.9. The van der Waals surface area contributed by atoms with Gasteiger partial charge < -0.3 is 0 Å². The van der Waals surface area contributed by atoms with Gasteiger partial charge in [0.05, 0.1) is 6.04 Å². The Bertz CT molecular complexity index is 931. The minimum Gasteiger partial charge on any atom is -0.300 e. The molecule has 1 aliphatic rings. The van der Waals surface area contributed by atoms with Crippen LogP contribution in [0.1, 0.15) is 43.0 Å². The molecule has 3 aromatic rings. The summed E-state index contributed by atoms with van der Waals surface area (Å²) < 4.78 is 0. The Kier molecular flexibility index (Phi) is 4.99. The van der Waals surface area contributed by atoms with E-state index in [1.54, 1.807) is 0 Å². The van der Waals surface area contributed by atoms with Gasteiger partial charge in [0.2, 0.25) is 0 Å². The van der Waals surface area contributed by atoms with Crippen molar-refractivity contribution in [1.82, 2.24) is 5.32 Å². The van der Waals surface area contributed by atoms with Crippen LogP contribution in [0.15, 0.2) is 96.6 Å². The molecule has 1 N–H and O–H groups in total. The first-order chi connectivity index (χ1) is 12.8. The first-order valence-electron chi connectivity index (χ1n) is 9.47. The highest BCUT2D eigenvalue weighted by Gasteiger charge is 2.20. The van der Waals surface area contributed by atoms with Crippen molar-refractivity contribution in [3.05, 3.63) is 108 Å². The second-order valence-electron chi connectivity index (χ2n) is 7.01. The van der Waals surface area contributed by atoms with Gasteiger partial charge in [-0.05, 0) is 47.2 Å². The van der Waals surface area contributed by atoms with Gasteiger partial charge in [-0.2, -0.15) is 0 Å². The van der Waals surface area contributed by atoms with Gasteiger partial charge in [0.15, 0.2) is 0 Å². The maximum atomic E-state index is 3.91. The molecule has 1 heteroatoms. The third-order valence-corrected chi connectivity index (χ3v) is 5.26. The number of hydrogen-bond acceptors (Lipinski definition) is 1. The van der Waals surface area contributed by atoms with Gasteiger partial charge in [-0.25, -0.2) is 0 Å². The first-order valence-corrected chi connectivity index (χ1v) is 9.47. The summed E-state index contributed by atoms with van der Waals surface area (Å²) in [6.07, 6.45) is 8.97. The number of nitrogens with one attached hydrogen (secondary N) is 1. The van der Waals surface area contributed by atoms with Gasteiger partial charge in [0, 0.05) is 6.04 Å². The van der Waals surface area contributed by atoms with Crippen LogP contribution in [0.25, 0.3) is 10.8 Å². The maximum Gasteiger partial charge on any atom is 0.0543 e. The third kappa shape index (κ3) is 3.49. The maximum absolute atomic E-state index is 3.91. The van der Waals surface area contributed by atoms with Crippen LogP contribution in [-0.2, 0) is 0 Å². The summed E-state index contributed by atoms with van der Waals surface area (Å²) in [4.78, 5) is 0. The van der Waals surface area contributed by atoms with E-state index in [0.29, 0.717) is 0 Å². The van der Waals surface area contributed by atoms with Gasteiger partial charge in [-0.1, -0.05) is 91.0 Å². The molecule has 0 bridgehead atoms. The van der Waals surface area contributed by atoms with Crippen molar-refractivity contribution < 1.29 is 0 Å². The van der Waals surface area contributed by atoms with Crippen molar-refractivity contribution in [3.63, 3.8) is 0 Å². The van der Waals surface area contributed by atoms with E-state index in [1.165, 1.54) is 27.5 Å². The van der Waals surface area contributed by atoms with Crippen LogP contribution in [0.3, 0.4) is 0 Å². The van der Waals surface area contributed by atoms with E-state index in [2.05, 4.69) is 103 Å². The minimum absolute atomic E-state index is 0.245. The Morgan fingerprint density at radius 3 is 2.42 bits per heavy atom. The fourth-order valence-corrected chi connectivity index (χ4v) is 3.89. The van der Waals surface area contributed by atoms with Gasteiger partial charge in [0.25, 0.3) is 0 Å². The second kappa shape index (κ2) is 7.72. The van der Waals surface area contributed by atoms with Crippen LogP contribution in [0.5, 0.6) is 0 Å². The molecule has 0 saturated heterocycles. The molecule has 0 aliphatic heterocycles. The summed E-state index contributed by atoms with van der Waals surface area (Å²) in [5, 5.41) is 6.54. The lowest BCUT2D eigenvalue weighted by Crippen LogP contribution is -2.26. The fourth-order valence-electron chi connectivity index (χ4n) is 3.89. The lowest BCUT2D eigenvalue weighted by molar-refractivity contribution is 0.502. The predicted molar refractivity (Wildman–Crippen MR) is 111 cm³/mol. The van der Waals surface area contributed by atoms with Crippen molar-refractivity contribution in [2.24, 2.45) is 0 Å². The molecule has 0 fully saturated rings. The molecule has 0 amide bonds. The molecular formula is C25H25N. The van der Waals surface area contributed by atoms with Crippen molar-refractivity contribution >= 4 is 10.8 Å². The number of fused-ring (bicyclic) bond motifs is 1. The quantitative estimate of drug-likeness (QED) is 0.559. The molecule has 3 aromatic carbocycles. The summed E-state index contributed by atoms with van der Waals surface area (Å²) in [7, 11) is 0. The molecule has 1 unspecified atom stereocenters. The summed E-state index contributed by atoms with van der Waals surface area (Å²) in [5.74, 6) is 0. The van der Waals surface area contributed by atoms with Gasteiger partial charge in [0.1, 0.15) is 0 Å². The molecule has 0 heterocycles. The van der Waals surface area contributed by atoms with E-state index in [1.807, 2.05) is 0 Å². The molecule has 0 spiro atoms. The molecule has 26 heavy (non-hydrogen) atoms. The topological polar surface area (TPSA) is 12.0 Å². The number of benzene rings is 3. The Hall–Kier alpha value is -2.64. The zero-order valence-corrected chi connectivity index (χ0v) is 15.2. The van der Waals surface area contributed by atoms with Gasteiger partial charge in [-0.15, -0.1) is 0 Å². The van der Waals surface area contributed by atoms with E-state index in [0.717, 1.165) is 12.8 Å². The fraction of sp³-hybridized carbons (Fsp3) is 0.200. The molecule has 0 saturated carbocycles. The van der Waals surface area contributed by atoms with Crippen LogP contribution >= 0.6 is 0 Å². The van der Waals surface area contributed by atoms with E-state index < -0.39 is 0 Å². The van der Waals surface area contributed by atoms with Crippen LogP contribution in [0.4, 0.5) is 0 Å². The standard InChI is InChI=1S/C25H25N/c1-19(23-18-10-16-20-11-8-9-17-24(20)23)26-25(21-12-4-2-5-13-21)22-14-6-3-7-15-22/h2-6,8-14,16-19,25-26H,7,15H2,1H3/t19-,25?/m1/s1. The molecule has 0 radical (unpaired) electrons. The minimum atomic E-state index is 0.245. The Morgan fingerprint density at radius 1 is 0.846 bits per heavy atom. The average Bonchev–Trinajstić information content (AvgIpc) is 2.72. The van der Waals surface area contributed by atoms with Crippen LogP contribution < -0.4 is 5.32 Å². The summed E-state index contributed by atoms with van der Waals surface area (Å²) in [5.41, 5.74) is 4.16. The second-order valence-corrected chi connectivity index (χ2v) is 7.01. The number of rotatable bonds is 5. The molecule has 130 valence electrons. The monoisotopic (exact) mass is 339 g/mol. The largest absolute Gasteiger partial charge is 0.300 e. The molecular weight excluding hydrogens is 314 g/mol. The Morgan fingerprint density at radius 2 is 1.62 bits per heavy atom. The first kappa shape index (κ1) is 16.8. The zero-order valence-electron chi connectivity index (χ0n) is 15.2. The highest BCUT2D eigenvalue weighted by molar-refractivity contribution is 5.86. The van der Waals surface area contributed by atoms with Crippen LogP contribution in [-0.4, -0.2) is 0 Å². The molecule has 0 aromatic heterocycles. The average molecular weight is 339 g/mol. The number of allylic oxidation sites excluding steroid dienone is 3. The zero-order chi connectivity index (χ0) is 17.8. The van der Waals surface area contributed by atoms with Gasteiger partial charge >= 0.3 is 0 Å². The van der Waals surface area contributed by atoms with Crippen LogP contribution in [0.2, 0.25) is 0 Å². The predicted octanol–water partition coefficient (Wildman–Crippen LogP) is 6.51. The van der Waals surface area contributed by atoms with E-state index in [4.69, 9.17) is 0 Å². The smallest absolute Gasteiger partial charge is 0.0543 e. The highest BCUT2D eigenvalue weighted by Crippen LogP contribution is 2.32. The summed E-state index contributed by atoms with van der Waals surface area (Å²) in [6, 6.07) is 26.6. The Balaban J connectivity index is 1.69.